The highest BCUT2D eigenvalue weighted by atomic mass is 16.5. The van der Waals surface area contributed by atoms with Gasteiger partial charge in [-0.1, -0.05) is 13.3 Å². The van der Waals surface area contributed by atoms with Crippen molar-refractivity contribution in [3.8, 4) is 0 Å². The average Bonchev–Trinajstić information content (AvgIpc) is 3.02. The van der Waals surface area contributed by atoms with Crippen molar-refractivity contribution in [3.05, 3.63) is 18.7 Å². The topological polar surface area (TPSA) is 44.1 Å². The van der Waals surface area contributed by atoms with Gasteiger partial charge in [0, 0.05) is 18.4 Å². The molecule has 1 saturated carbocycles. The zero-order valence-corrected chi connectivity index (χ0v) is 13.5. The van der Waals surface area contributed by atoms with Gasteiger partial charge in [0.25, 0.3) is 0 Å². The maximum Gasteiger partial charge on any atom is 0.312 e. The largest absolute Gasteiger partial charge is 0.462 e. The molecular weight excluding hydrogens is 264 g/mol. The fraction of sp³-hybridized carbons (Fsp3) is 0.765. The fourth-order valence-electron chi connectivity index (χ4n) is 3.14. The van der Waals surface area contributed by atoms with Crippen LogP contribution in [-0.4, -0.2) is 21.6 Å². The first-order valence-electron chi connectivity index (χ1n) is 8.23. The first-order valence-corrected chi connectivity index (χ1v) is 8.23. The number of hydrogen-bond donors (Lipinski definition) is 0. The van der Waals surface area contributed by atoms with Gasteiger partial charge in [0.2, 0.25) is 0 Å². The zero-order chi connectivity index (χ0) is 15.3. The predicted octanol–water partition coefficient (Wildman–Crippen LogP) is 4.13. The van der Waals surface area contributed by atoms with Crippen LogP contribution in [0.5, 0.6) is 0 Å². The molecule has 2 atom stereocenters. The standard InChI is InChI=1S/C17H28N2O2/c1-4-17(3,12-14(2)19-11-10-18-13-19)16(20)21-15-8-6-5-7-9-15/h10-11,13-15H,4-9,12H2,1-3H3. The number of esters is 1. The van der Waals surface area contributed by atoms with E-state index in [0.29, 0.717) is 0 Å². The lowest BCUT2D eigenvalue weighted by Crippen LogP contribution is -2.35. The van der Waals surface area contributed by atoms with Gasteiger partial charge in [-0.3, -0.25) is 4.79 Å². The minimum absolute atomic E-state index is 0.0242. The van der Waals surface area contributed by atoms with E-state index in [9.17, 15) is 4.79 Å². The Morgan fingerprint density at radius 1 is 1.43 bits per heavy atom. The van der Waals surface area contributed by atoms with Crippen molar-refractivity contribution >= 4 is 5.97 Å². The molecule has 118 valence electrons. The Balaban J connectivity index is 1.96. The molecule has 0 aromatic carbocycles. The third kappa shape index (κ3) is 4.08. The fourth-order valence-corrected chi connectivity index (χ4v) is 3.14. The minimum atomic E-state index is -0.416. The van der Waals surface area contributed by atoms with Crippen LogP contribution in [0.4, 0.5) is 0 Å². The third-order valence-corrected chi connectivity index (χ3v) is 4.88. The lowest BCUT2D eigenvalue weighted by molar-refractivity contribution is -0.163. The van der Waals surface area contributed by atoms with Gasteiger partial charge in [0.1, 0.15) is 6.10 Å². The second-order valence-electron chi connectivity index (χ2n) is 6.64. The van der Waals surface area contributed by atoms with Crippen molar-refractivity contribution in [2.45, 2.75) is 77.9 Å². The number of hydrogen-bond acceptors (Lipinski definition) is 3. The number of aromatic nitrogens is 2. The second-order valence-corrected chi connectivity index (χ2v) is 6.64. The highest BCUT2D eigenvalue weighted by molar-refractivity contribution is 5.76. The van der Waals surface area contributed by atoms with E-state index >= 15 is 0 Å². The molecule has 2 unspecified atom stereocenters. The second kappa shape index (κ2) is 7.10. The molecule has 0 amide bonds. The Kier molecular flexibility index (Phi) is 5.43. The third-order valence-electron chi connectivity index (χ3n) is 4.88. The molecule has 0 saturated heterocycles. The van der Waals surface area contributed by atoms with E-state index in [1.54, 1.807) is 6.20 Å². The van der Waals surface area contributed by atoms with Gasteiger partial charge in [0.05, 0.1) is 11.7 Å². The van der Waals surface area contributed by atoms with Crippen LogP contribution in [0.1, 0.15) is 71.8 Å². The molecule has 2 rings (SSSR count). The molecule has 1 aromatic rings. The van der Waals surface area contributed by atoms with Gasteiger partial charge in [-0.05, 0) is 52.4 Å². The summed E-state index contributed by atoms with van der Waals surface area (Å²) in [4.78, 5) is 16.7. The number of imidazole rings is 1. The summed E-state index contributed by atoms with van der Waals surface area (Å²) in [5, 5.41) is 0. The molecule has 1 fully saturated rings. The molecule has 0 radical (unpaired) electrons. The Bertz CT molecular complexity index is 438. The van der Waals surface area contributed by atoms with Gasteiger partial charge in [-0.25, -0.2) is 4.98 Å². The van der Waals surface area contributed by atoms with E-state index < -0.39 is 5.41 Å². The van der Waals surface area contributed by atoms with Crippen molar-refractivity contribution in [1.82, 2.24) is 9.55 Å². The van der Waals surface area contributed by atoms with Crippen LogP contribution < -0.4 is 0 Å². The van der Waals surface area contributed by atoms with Crippen LogP contribution in [0.2, 0.25) is 0 Å². The SMILES string of the molecule is CCC(C)(CC(C)n1ccnc1)C(=O)OC1CCCCC1. The lowest BCUT2D eigenvalue weighted by atomic mass is 9.81. The molecule has 4 heteroatoms. The lowest BCUT2D eigenvalue weighted by Gasteiger charge is -2.32. The van der Waals surface area contributed by atoms with Gasteiger partial charge < -0.3 is 9.30 Å². The van der Waals surface area contributed by atoms with Crippen LogP contribution >= 0.6 is 0 Å². The first-order chi connectivity index (χ1) is 10.0. The van der Waals surface area contributed by atoms with E-state index in [0.717, 1.165) is 25.7 Å². The molecule has 0 aliphatic heterocycles. The molecule has 21 heavy (non-hydrogen) atoms. The number of carbonyl (C=O) groups is 1. The summed E-state index contributed by atoms with van der Waals surface area (Å²) in [6, 6.07) is 0.247. The molecule has 1 heterocycles. The monoisotopic (exact) mass is 292 g/mol. The molecule has 1 aromatic heterocycles. The van der Waals surface area contributed by atoms with Crippen LogP contribution in [0.3, 0.4) is 0 Å². The average molecular weight is 292 g/mol. The van der Waals surface area contributed by atoms with Crippen LogP contribution in [-0.2, 0) is 9.53 Å². The maximum absolute atomic E-state index is 12.6. The number of nitrogens with zero attached hydrogens (tertiary/aromatic N) is 2. The first kappa shape index (κ1) is 16.1. The molecule has 0 spiro atoms. The Morgan fingerprint density at radius 2 is 2.14 bits per heavy atom. The van der Waals surface area contributed by atoms with Crippen molar-refractivity contribution in [2.24, 2.45) is 5.41 Å². The van der Waals surface area contributed by atoms with Crippen LogP contribution in [0.25, 0.3) is 0 Å². The maximum atomic E-state index is 12.6. The van der Waals surface area contributed by atoms with E-state index in [1.807, 2.05) is 19.4 Å². The van der Waals surface area contributed by atoms with Crippen LogP contribution in [0, 0.1) is 5.41 Å². The summed E-state index contributed by atoms with van der Waals surface area (Å²) in [5.41, 5.74) is -0.416. The zero-order valence-electron chi connectivity index (χ0n) is 13.5. The minimum Gasteiger partial charge on any atom is -0.462 e. The van der Waals surface area contributed by atoms with Crippen molar-refractivity contribution in [2.75, 3.05) is 0 Å². The highest BCUT2D eigenvalue weighted by Gasteiger charge is 2.36. The number of rotatable bonds is 6. The van der Waals surface area contributed by atoms with Crippen LogP contribution in [0.15, 0.2) is 18.7 Å². The van der Waals surface area contributed by atoms with Gasteiger partial charge in [-0.2, -0.15) is 0 Å². The smallest absolute Gasteiger partial charge is 0.312 e. The molecule has 0 N–H and O–H groups in total. The van der Waals surface area contributed by atoms with E-state index in [2.05, 4.69) is 23.4 Å². The summed E-state index contributed by atoms with van der Waals surface area (Å²) >= 11 is 0. The summed E-state index contributed by atoms with van der Waals surface area (Å²) in [6.07, 6.45) is 13.0. The normalized spacial score (nSPS) is 20.7. The van der Waals surface area contributed by atoms with E-state index in [-0.39, 0.29) is 18.1 Å². The van der Waals surface area contributed by atoms with E-state index in [4.69, 9.17) is 4.74 Å². The summed E-state index contributed by atoms with van der Waals surface area (Å²) in [6.45, 7) is 6.23. The van der Waals surface area contributed by atoms with Gasteiger partial charge >= 0.3 is 5.97 Å². The quantitative estimate of drug-likeness (QED) is 0.741. The highest BCUT2D eigenvalue weighted by Crippen LogP contribution is 2.34. The van der Waals surface area contributed by atoms with Crippen molar-refractivity contribution < 1.29 is 9.53 Å². The summed E-state index contributed by atoms with van der Waals surface area (Å²) in [5.74, 6) is -0.0242. The van der Waals surface area contributed by atoms with E-state index in [1.165, 1.54) is 19.3 Å². The Morgan fingerprint density at radius 3 is 2.71 bits per heavy atom. The summed E-state index contributed by atoms with van der Waals surface area (Å²) < 4.78 is 7.86. The number of ether oxygens (including phenoxy) is 1. The van der Waals surface area contributed by atoms with Crippen molar-refractivity contribution in [3.63, 3.8) is 0 Å². The Labute approximate surface area is 127 Å². The Hall–Kier alpha value is -1.32. The molecule has 4 nitrogen and oxygen atoms in total. The molecule has 0 bridgehead atoms. The van der Waals surface area contributed by atoms with Gasteiger partial charge in [-0.15, -0.1) is 0 Å². The van der Waals surface area contributed by atoms with Gasteiger partial charge in [0.15, 0.2) is 0 Å². The summed E-state index contributed by atoms with van der Waals surface area (Å²) in [7, 11) is 0. The molecule has 1 aliphatic carbocycles. The van der Waals surface area contributed by atoms with Crippen molar-refractivity contribution in [1.29, 1.82) is 0 Å². The molecule has 1 aliphatic rings. The molecular formula is C17H28N2O2. The number of carbonyl (C=O) groups excluding carboxylic acids is 1. The predicted molar refractivity (Wildman–Crippen MR) is 82.9 cm³/mol.